The van der Waals surface area contributed by atoms with Gasteiger partial charge in [-0.05, 0) is 63.8 Å². The standard InChI is InChI=1S/C36H40N10O2S2/c1-21-7-11-27(12-8-21)17-29-23(3)39-33-41-35(43-45(33)25(29)5)49-19-31(47)37-15-16-38-32(48)20-50-36-42-34-40-24(4)30(26(6)46(34)44-36)18-28-13-9-22(2)10-14-28/h7-14H,15-20H2,1-6H3,(H,37,47)(H,38,48). The number of hydrogen-bond acceptors (Lipinski definition) is 10. The predicted molar refractivity (Wildman–Crippen MR) is 196 cm³/mol. The van der Waals surface area contributed by atoms with Gasteiger partial charge in [0.1, 0.15) is 0 Å². The van der Waals surface area contributed by atoms with Crippen molar-refractivity contribution in [3.8, 4) is 0 Å². The fraction of sp³-hybridized carbons (Fsp3) is 0.333. The molecule has 0 unspecified atom stereocenters. The molecule has 0 radical (unpaired) electrons. The van der Waals surface area contributed by atoms with Crippen molar-refractivity contribution in [1.29, 1.82) is 0 Å². The minimum absolute atomic E-state index is 0.147. The van der Waals surface area contributed by atoms with Gasteiger partial charge in [0.25, 0.3) is 11.6 Å². The summed E-state index contributed by atoms with van der Waals surface area (Å²) in [4.78, 5) is 43.4. The van der Waals surface area contributed by atoms with Crippen LogP contribution in [0.25, 0.3) is 11.6 Å². The molecule has 0 aliphatic rings. The fourth-order valence-electron chi connectivity index (χ4n) is 5.60. The summed E-state index contributed by atoms with van der Waals surface area (Å²) in [5.41, 5.74) is 10.9. The van der Waals surface area contributed by atoms with Gasteiger partial charge in [0.15, 0.2) is 0 Å². The van der Waals surface area contributed by atoms with Crippen molar-refractivity contribution in [2.24, 2.45) is 0 Å². The van der Waals surface area contributed by atoms with Gasteiger partial charge in [-0.25, -0.2) is 19.0 Å². The van der Waals surface area contributed by atoms with Crippen LogP contribution in [0.2, 0.25) is 0 Å². The number of carbonyl (C=O) groups is 2. The van der Waals surface area contributed by atoms with Crippen molar-refractivity contribution in [3.63, 3.8) is 0 Å². The lowest BCUT2D eigenvalue weighted by atomic mass is 10.0. The van der Waals surface area contributed by atoms with Crippen molar-refractivity contribution in [3.05, 3.63) is 105 Å². The lowest BCUT2D eigenvalue weighted by Crippen LogP contribution is -2.36. The van der Waals surface area contributed by atoms with Crippen molar-refractivity contribution >= 4 is 46.9 Å². The monoisotopic (exact) mass is 708 g/mol. The van der Waals surface area contributed by atoms with Crippen LogP contribution in [0, 0.1) is 41.5 Å². The minimum Gasteiger partial charge on any atom is -0.354 e. The molecule has 14 heteroatoms. The molecule has 0 aliphatic carbocycles. The predicted octanol–water partition coefficient (Wildman–Crippen LogP) is 4.71. The molecular weight excluding hydrogens is 669 g/mol. The van der Waals surface area contributed by atoms with E-state index in [2.05, 4.69) is 103 Å². The maximum Gasteiger partial charge on any atom is 0.253 e. The van der Waals surface area contributed by atoms with Gasteiger partial charge in [-0.3, -0.25) is 9.59 Å². The first-order chi connectivity index (χ1) is 24.0. The second-order valence-electron chi connectivity index (χ2n) is 12.3. The normalized spacial score (nSPS) is 11.4. The molecule has 0 fully saturated rings. The second kappa shape index (κ2) is 15.4. The molecule has 0 aliphatic heterocycles. The Hall–Kier alpha value is -4.82. The smallest absolute Gasteiger partial charge is 0.253 e. The zero-order chi connectivity index (χ0) is 35.4. The van der Waals surface area contributed by atoms with Crippen molar-refractivity contribution in [2.45, 2.75) is 64.7 Å². The molecule has 2 amide bonds. The van der Waals surface area contributed by atoms with Gasteiger partial charge >= 0.3 is 0 Å². The Morgan fingerprint density at radius 2 is 0.960 bits per heavy atom. The SMILES string of the molecule is Cc1ccc(Cc2c(C)nc3nc(SCC(=O)NCCNC(=O)CSc4nc5nc(C)c(Cc6ccc(C)cc6)c(C)n5n4)nn3c2C)cc1. The molecule has 50 heavy (non-hydrogen) atoms. The van der Waals surface area contributed by atoms with Crippen LogP contribution in [0.4, 0.5) is 0 Å². The first kappa shape index (κ1) is 35.0. The molecule has 2 aromatic carbocycles. The van der Waals surface area contributed by atoms with Crippen LogP contribution in [0.15, 0.2) is 58.8 Å². The van der Waals surface area contributed by atoms with Crippen LogP contribution in [-0.4, -0.2) is 75.6 Å². The number of rotatable bonds is 13. The number of nitrogens with one attached hydrogen (secondary N) is 2. The maximum absolute atomic E-state index is 12.5. The lowest BCUT2D eigenvalue weighted by Gasteiger charge is -2.10. The Bertz CT molecular complexity index is 2020. The zero-order valence-electron chi connectivity index (χ0n) is 29.1. The number of aromatic nitrogens is 8. The Morgan fingerprint density at radius 3 is 1.34 bits per heavy atom. The Balaban J connectivity index is 0.942. The molecule has 12 nitrogen and oxygen atoms in total. The van der Waals surface area contributed by atoms with E-state index in [-0.39, 0.29) is 23.3 Å². The second-order valence-corrected chi connectivity index (χ2v) is 14.2. The van der Waals surface area contributed by atoms with Gasteiger partial charge in [-0.2, -0.15) is 9.97 Å². The third kappa shape index (κ3) is 8.30. The summed E-state index contributed by atoms with van der Waals surface area (Å²) < 4.78 is 3.49. The summed E-state index contributed by atoms with van der Waals surface area (Å²) in [6.45, 7) is 12.8. The number of amides is 2. The zero-order valence-corrected chi connectivity index (χ0v) is 30.7. The summed E-state index contributed by atoms with van der Waals surface area (Å²) in [6.07, 6.45) is 1.51. The highest BCUT2D eigenvalue weighted by molar-refractivity contribution is 8.00. The average Bonchev–Trinajstić information content (AvgIpc) is 3.70. The van der Waals surface area contributed by atoms with Crippen LogP contribution < -0.4 is 10.6 Å². The van der Waals surface area contributed by atoms with E-state index in [4.69, 9.17) is 0 Å². The van der Waals surface area contributed by atoms with Gasteiger partial charge in [-0.15, -0.1) is 10.2 Å². The molecule has 0 atom stereocenters. The first-order valence-corrected chi connectivity index (χ1v) is 18.4. The van der Waals surface area contributed by atoms with Gasteiger partial charge < -0.3 is 10.6 Å². The molecule has 0 saturated heterocycles. The van der Waals surface area contributed by atoms with Crippen molar-refractivity contribution in [1.82, 2.24) is 49.8 Å². The Morgan fingerprint density at radius 1 is 0.580 bits per heavy atom. The number of aryl methyl sites for hydroxylation is 6. The molecule has 0 bridgehead atoms. The number of nitrogens with zero attached hydrogens (tertiary/aromatic N) is 8. The summed E-state index contributed by atoms with van der Waals surface area (Å²) in [7, 11) is 0. The molecule has 6 rings (SSSR count). The molecular formula is C36H40N10O2S2. The van der Waals surface area contributed by atoms with E-state index in [0.717, 1.165) is 46.7 Å². The minimum atomic E-state index is -0.174. The van der Waals surface area contributed by atoms with E-state index in [1.54, 1.807) is 9.03 Å². The molecule has 258 valence electrons. The average molecular weight is 709 g/mol. The number of thioether (sulfide) groups is 2. The van der Waals surface area contributed by atoms with Gasteiger partial charge in [0.05, 0.1) is 11.5 Å². The van der Waals surface area contributed by atoms with Gasteiger partial charge in [-0.1, -0.05) is 83.2 Å². The summed E-state index contributed by atoms with van der Waals surface area (Å²) in [5, 5.41) is 15.8. The molecule has 4 aromatic heterocycles. The quantitative estimate of drug-likeness (QED) is 0.128. The number of carbonyl (C=O) groups excluding carboxylic acids is 2. The molecule has 6 aromatic rings. The summed E-state index contributed by atoms with van der Waals surface area (Å²) >= 11 is 2.50. The Kier molecular flexibility index (Phi) is 10.8. The number of benzene rings is 2. The van der Waals surface area contributed by atoms with Crippen molar-refractivity contribution in [2.75, 3.05) is 24.6 Å². The highest BCUT2D eigenvalue weighted by atomic mass is 32.2. The van der Waals surface area contributed by atoms with Crippen molar-refractivity contribution < 1.29 is 9.59 Å². The topological polar surface area (TPSA) is 144 Å². The van der Waals surface area contributed by atoms with Gasteiger partial charge in [0, 0.05) is 48.7 Å². The number of hydrogen-bond donors (Lipinski definition) is 2. The third-order valence-electron chi connectivity index (χ3n) is 8.50. The lowest BCUT2D eigenvalue weighted by molar-refractivity contribution is -0.120. The number of fused-ring (bicyclic) bond motifs is 2. The van der Waals surface area contributed by atoms with Gasteiger partial charge in [0.2, 0.25) is 22.1 Å². The largest absolute Gasteiger partial charge is 0.354 e. The maximum atomic E-state index is 12.5. The fourth-order valence-corrected chi connectivity index (χ4v) is 6.90. The Labute approximate surface area is 299 Å². The van der Waals surface area contributed by atoms with E-state index in [1.807, 2.05) is 27.7 Å². The first-order valence-electron chi connectivity index (χ1n) is 16.4. The van der Waals surface area contributed by atoms with Crippen LogP contribution in [0.1, 0.15) is 56.2 Å². The van der Waals surface area contributed by atoms with E-state index in [9.17, 15) is 9.59 Å². The van der Waals surface area contributed by atoms with E-state index < -0.39 is 0 Å². The van der Waals surface area contributed by atoms with E-state index >= 15 is 0 Å². The molecule has 4 heterocycles. The van der Waals surface area contributed by atoms with E-state index in [0.29, 0.717) is 35.0 Å². The third-order valence-corrected chi connectivity index (χ3v) is 10.2. The molecule has 0 saturated carbocycles. The summed E-state index contributed by atoms with van der Waals surface area (Å²) in [5.74, 6) is 0.973. The van der Waals surface area contributed by atoms with Crippen LogP contribution in [0.3, 0.4) is 0 Å². The van der Waals surface area contributed by atoms with Crippen LogP contribution in [0.5, 0.6) is 0 Å². The van der Waals surface area contributed by atoms with E-state index in [1.165, 1.54) is 45.8 Å². The summed E-state index contributed by atoms with van der Waals surface area (Å²) in [6, 6.07) is 17.0. The highest BCUT2D eigenvalue weighted by Gasteiger charge is 2.17. The molecule has 2 N–H and O–H groups in total. The van der Waals surface area contributed by atoms with Crippen LogP contribution in [-0.2, 0) is 22.4 Å². The highest BCUT2D eigenvalue weighted by Crippen LogP contribution is 2.22. The molecule has 0 spiro atoms. The van der Waals surface area contributed by atoms with Crippen LogP contribution >= 0.6 is 23.5 Å².